The fraction of sp³-hybridized carbons (Fsp3) is 0.0909. The van der Waals surface area contributed by atoms with Gasteiger partial charge in [0, 0.05) is 18.0 Å². The van der Waals surface area contributed by atoms with E-state index in [1.54, 1.807) is 0 Å². The molecule has 0 radical (unpaired) electrons. The van der Waals surface area contributed by atoms with Gasteiger partial charge in [0.2, 0.25) is 11.8 Å². The van der Waals surface area contributed by atoms with E-state index in [4.69, 9.17) is 0 Å². The molecule has 0 aromatic carbocycles. The highest BCUT2D eigenvalue weighted by molar-refractivity contribution is 5.58. The predicted octanol–water partition coefficient (Wildman–Crippen LogP) is 2.48. The van der Waals surface area contributed by atoms with Gasteiger partial charge in [0.15, 0.2) is 11.5 Å². The van der Waals surface area contributed by atoms with E-state index in [1.807, 2.05) is 0 Å². The molecule has 0 saturated heterocycles. The van der Waals surface area contributed by atoms with E-state index >= 15 is 0 Å². The van der Waals surface area contributed by atoms with Crippen LogP contribution in [-0.2, 0) is 6.18 Å². The molecule has 0 N–H and O–H groups in total. The van der Waals surface area contributed by atoms with Crippen LogP contribution in [0.25, 0.3) is 16.9 Å². The first-order valence-electron chi connectivity index (χ1n) is 5.45. The standard InChI is InChI=1S/C11H4F5N5/c12-6-1-5(2-18-9(6)13)7-4-21-8(3-17-7)19-20-10(21)11(14,15)16/h1-4H. The molecule has 0 aliphatic heterocycles. The van der Waals surface area contributed by atoms with Gasteiger partial charge in [-0.15, -0.1) is 10.2 Å². The number of fused-ring (bicyclic) bond motifs is 1. The van der Waals surface area contributed by atoms with Crippen LogP contribution in [0.5, 0.6) is 0 Å². The molecule has 10 heteroatoms. The fourth-order valence-electron chi connectivity index (χ4n) is 1.71. The van der Waals surface area contributed by atoms with Crippen molar-refractivity contribution in [2.45, 2.75) is 6.18 Å². The molecule has 0 aliphatic rings. The highest BCUT2D eigenvalue weighted by Gasteiger charge is 2.37. The molecule has 3 heterocycles. The first-order chi connectivity index (χ1) is 9.86. The van der Waals surface area contributed by atoms with E-state index < -0.39 is 23.8 Å². The van der Waals surface area contributed by atoms with Crippen LogP contribution < -0.4 is 0 Å². The smallest absolute Gasteiger partial charge is 0.275 e. The molecule has 0 amide bonds. The van der Waals surface area contributed by atoms with Crippen molar-refractivity contribution in [3.63, 3.8) is 0 Å². The van der Waals surface area contributed by atoms with Gasteiger partial charge < -0.3 is 0 Å². The Morgan fingerprint density at radius 1 is 1.00 bits per heavy atom. The van der Waals surface area contributed by atoms with Gasteiger partial charge in [0.05, 0.1) is 11.9 Å². The van der Waals surface area contributed by atoms with Gasteiger partial charge in [-0.05, 0) is 6.07 Å². The van der Waals surface area contributed by atoms with Gasteiger partial charge in [0.25, 0.3) is 0 Å². The van der Waals surface area contributed by atoms with Crippen molar-refractivity contribution < 1.29 is 22.0 Å². The Balaban J connectivity index is 2.18. The molecule has 3 aromatic heterocycles. The number of pyridine rings is 1. The Kier molecular flexibility index (Phi) is 2.81. The van der Waals surface area contributed by atoms with Gasteiger partial charge in [-0.3, -0.25) is 9.38 Å². The molecule has 0 spiro atoms. The molecule has 0 fully saturated rings. The third-order valence-electron chi connectivity index (χ3n) is 2.64. The fourth-order valence-corrected chi connectivity index (χ4v) is 1.71. The van der Waals surface area contributed by atoms with Crippen molar-refractivity contribution in [2.75, 3.05) is 0 Å². The van der Waals surface area contributed by atoms with Crippen LogP contribution in [0.2, 0.25) is 0 Å². The number of hydrogen-bond donors (Lipinski definition) is 0. The zero-order valence-electron chi connectivity index (χ0n) is 9.94. The van der Waals surface area contributed by atoms with E-state index in [-0.39, 0.29) is 16.9 Å². The molecule has 0 bridgehead atoms. The largest absolute Gasteiger partial charge is 0.452 e. The maximum absolute atomic E-state index is 13.1. The average molecular weight is 301 g/mol. The van der Waals surface area contributed by atoms with E-state index in [1.165, 1.54) is 0 Å². The number of aromatic nitrogens is 5. The Labute approximate surface area is 113 Å². The highest BCUT2D eigenvalue weighted by Crippen LogP contribution is 2.28. The minimum absolute atomic E-state index is 0.0256. The molecule has 21 heavy (non-hydrogen) atoms. The molecular weight excluding hydrogens is 297 g/mol. The summed E-state index contributed by atoms with van der Waals surface area (Å²) in [5.41, 5.74) is -0.126. The molecule has 0 aliphatic carbocycles. The Bertz CT molecular complexity index is 825. The lowest BCUT2D eigenvalue weighted by Gasteiger charge is -2.05. The van der Waals surface area contributed by atoms with Crippen molar-refractivity contribution in [3.05, 3.63) is 42.2 Å². The van der Waals surface area contributed by atoms with Crippen LogP contribution in [0.1, 0.15) is 5.82 Å². The van der Waals surface area contributed by atoms with Crippen LogP contribution in [0.15, 0.2) is 24.7 Å². The number of rotatable bonds is 1. The molecule has 0 atom stereocenters. The first-order valence-corrected chi connectivity index (χ1v) is 5.45. The van der Waals surface area contributed by atoms with E-state index in [9.17, 15) is 22.0 Å². The summed E-state index contributed by atoms with van der Waals surface area (Å²) < 4.78 is 64.7. The second kappa shape index (κ2) is 4.43. The topological polar surface area (TPSA) is 56.0 Å². The second-order valence-corrected chi connectivity index (χ2v) is 4.02. The highest BCUT2D eigenvalue weighted by atomic mass is 19.4. The van der Waals surface area contributed by atoms with Crippen molar-refractivity contribution >= 4 is 5.65 Å². The molecule has 3 aromatic rings. The van der Waals surface area contributed by atoms with Crippen LogP contribution in [0.3, 0.4) is 0 Å². The number of hydrogen-bond acceptors (Lipinski definition) is 4. The molecular formula is C11H4F5N5. The second-order valence-electron chi connectivity index (χ2n) is 4.02. The number of alkyl halides is 3. The summed E-state index contributed by atoms with van der Waals surface area (Å²) in [4.78, 5) is 6.97. The lowest BCUT2D eigenvalue weighted by molar-refractivity contribution is -0.145. The zero-order chi connectivity index (χ0) is 15.2. The minimum atomic E-state index is -4.70. The maximum Gasteiger partial charge on any atom is 0.452 e. The summed E-state index contributed by atoms with van der Waals surface area (Å²) in [5, 5.41) is 6.36. The predicted molar refractivity (Wildman–Crippen MR) is 58.9 cm³/mol. The summed E-state index contributed by atoms with van der Waals surface area (Å²) in [7, 11) is 0. The maximum atomic E-state index is 13.1. The van der Waals surface area contributed by atoms with Gasteiger partial charge in [0.1, 0.15) is 0 Å². The summed E-state index contributed by atoms with van der Waals surface area (Å²) in [6.45, 7) is 0. The third-order valence-corrected chi connectivity index (χ3v) is 2.64. The molecule has 0 saturated carbocycles. The first kappa shape index (κ1) is 13.3. The molecule has 0 unspecified atom stereocenters. The number of nitrogens with zero attached hydrogens (tertiary/aromatic N) is 5. The normalized spacial score (nSPS) is 12.0. The van der Waals surface area contributed by atoms with Crippen molar-refractivity contribution in [3.8, 4) is 11.3 Å². The summed E-state index contributed by atoms with van der Waals surface area (Å²) in [6.07, 6.45) is -1.72. The van der Waals surface area contributed by atoms with Crippen molar-refractivity contribution in [2.24, 2.45) is 0 Å². The van der Waals surface area contributed by atoms with E-state index in [0.717, 1.165) is 24.7 Å². The van der Waals surface area contributed by atoms with Crippen LogP contribution in [0, 0.1) is 11.8 Å². The Morgan fingerprint density at radius 2 is 1.76 bits per heavy atom. The third kappa shape index (κ3) is 2.28. The lowest BCUT2D eigenvalue weighted by atomic mass is 10.2. The Morgan fingerprint density at radius 3 is 2.43 bits per heavy atom. The average Bonchev–Trinajstić information content (AvgIpc) is 2.84. The van der Waals surface area contributed by atoms with Gasteiger partial charge in [-0.25, -0.2) is 9.37 Å². The minimum Gasteiger partial charge on any atom is -0.275 e. The summed E-state index contributed by atoms with van der Waals surface area (Å²) in [5.74, 6) is -3.77. The lowest BCUT2D eigenvalue weighted by Crippen LogP contribution is -2.11. The summed E-state index contributed by atoms with van der Waals surface area (Å²) in [6, 6.07) is 0.786. The van der Waals surface area contributed by atoms with Crippen molar-refractivity contribution in [1.82, 2.24) is 24.6 Å². The van der Waals surface area contributed by atoms with Crippen molar-refractivity contribution in [1.29, 1.82) is 0 Å². The van der Waals surface area contributed by atoms with Gasteiger partial charge in [-0.1, -0.05) is 0 Å². The van der Waals surface area contributed by atoms with Gasteiger partial charge in [-0.2, -0.15) is 17.6 Å². The monoisotopic (exact) mass is 301 g/mol. The molecule has 3 rings (SSSR count). The van der Waals surface area contributed by atoms with Crippen LogP contribution >= 0.6 is 0 Å². The number of halogens is 5. The summed E-state index contributed by atoms with van der Waals surface area (Å²) >= 11 is 0. The van der Waals surface area contributed by atoms with Crippen LogP contribution in [-0.4, -0.2) is 24.6 Å². The quantitative estimate of drug-likeness (QED) is 0.512. The Hall–Kier alpha value is -2.65. The van der Waals surface area contributed by atoms with Gasteiger partial charge >= 0.3 is 6.18 Å². The van der Waals surface area contributed by atoms with E-state index in [0.29, 0.717) is 4.40 Å². The zero-order valence-corrected chi connectivity index (χ0v) is 9.94. The molecule has 108 valence electrons. The van der Waals surface area contributed by atoms with E-state index in [2.05, 4.69) is 20.2 Å². The SMILES string of the molecule is Fc1cc(-c2cn3c(C(F)(F)F)nnc3cn2)cnc1F. The van der Waals surface area contributed by atoms with Crippen LogP contribution in [0.4, 0.5) is 22.0 Å². The molecule has 5 nitrogen and oxygen atoms in total.